The molecule has 1 atom stereocenters. The molecule has 1 unspecified atom stereocenters. The van der Waals surface area contributed by atoms with Gasteiger partial charge in [-0.1, -0.05) is 50.2 Å². The molecule has 9 nitrogen and oxygen atoms in total. The number of nitrogens with one attached hydrogen (secondary N) is 2. The van der Waals surface area contributed by atoms with E-state index >= 15 is 0 Å². The number of thiophene rings is 1. The fraction of sp³-hybridized carbons (Fsp3) is 0.294. The molecule has 46 heavy (non-hydrogen) atoms. The van der Waals surface area contributed by atoms with Crippen LogP contribution in [0.4, 0.5) is 8.78 Å². The van der Waals surface area contributed by atoms with Crippen LogP contribution in [0, 0.1) is 24.5 Å². The lowest BCUT2D eigenvalue weighted by Crippen LogP contribution is -2.33. The van der Waals surface area contributed by atoms with Crippen molar-refractivity contribution in [2.75, 3.05) is 6.61 Å². The summed E-state index contributed by atoms with van der Waals surface area (Å²) in [5.74, 6) is -2.89. The topological polar surface area (TPSA) is 132 Å². The molecule has 4 aromatic rings. The maximum Gasteiger partial charge on any atom is 0.261 e. The fourth-order valence-electron chi connectivity index (χ4n) is 5.30. The van der Waals surface area contributed by atoms with E-state index in [1.54, 1.807) is 19.1 Å². The average molecular weight is 648 g/mol. The summed E-state index contributed by atoms with van der Waals surface area (Å²) in [4.78, 5) is 27.3. The van der Waals surface area contributed by atoms with Gasteiger partial charge >= 0.3 is 0 Å². The molecule has 0 spiro atoms. The second-order valence-corrected chi connectivity index (χ2v) is 12.5. The normalized spacial score (nSPS) is 15.0. The summed E-state index contributed by atoms with van der Waals surface area (Å²) in [5, 5.41) is 14.6. The number of dihydropyridines is 1. The lowest BCUT2D eigenvalue weighted by atomic mass is 9.81. The standard InChI is InChI=1S/C34H35F2N5O4S/c1-19(2)15-26-29(32(37)42)31(27-11-12-28(46-27)33(43)38-17-22-9-10-23(35)24(36)16-22)30(34-41-40-20(3)45-34)25(39-26)13-14-44-18-21-7-5-4-6-8-21/h4-12,16,19,31,39H,13-15,17-18H2,1-3H3,(H2,37,42)(H,38,43). The van der Waals surface area contributed by atoms with Gasteiger partial charge in [-0.15, -0.1) is 21.5 Å². The lowest BCUT2D eigenvalue weighted by molar-refractivity contribution is -0.114. The number of nitrogens with two attached hydrogens (primary N) is 1. The molecule has 0 saturated carbocycles. The van der Waals surface area contributed by atoms with Crippen LogP contribution in [0.15, 0.2) is 82.0 Å². The predicted molar refractivity (Wildman–Crippen MR) is 170 cm³/mol. The maximum atomic E-state index is 13.7. The molecule has 0 bridgehead atoms. The highest BCUT2D eigenvalue weighted by Crippen LogP contribution is 2.46. The molecule has 0 saturated heterocycles. The minimum absolute atomic E-state index is 0.00113. The molecule has 1 aliphatic rings. The summed E-state index contributed by atoms with van der Waals surface area (Å²) >= 11 is 1.19. The van der Waals surface area contributed by atoms with E-state index in [0.29, 0.717) is 64.1 Å². The summed E-state index contributed by atoms with van der Waals surface area (Å²) in [6, 6.07) is 16.7. The second-order valence-electron chi connectivity index (χ2n) is 11.4. The Morgan fingerprint density at radius 2 is 1.83 bits per heavy atom. The Kier molecular flexibility index (Phi) is 10.4. The zero-order valence-corrected chi connectivity index (χ0v) is 26.5. The van der Waals surface area contributed by atoms with Crippen molar-refractivity contribution in [2.45, 2.75) is 52.7 Å². The SMILES string of the molecule is Cc1nnc(C2=C(CCOCc3ccccc3)NC(CC(C)C)=C(C(N)=O)C2c2ccc(C(=O)NCc3ccc(F)c(F)c3)s2)o1. The smallest absolute Gasteiger partial charge is 0.261 e. The van der Waals surface area contributed by atoms with Gasteiger partial charge < -0.3 is 25.5 Å². The molecule has 12 heteroatoms. The predicted octanol–water partition coefficient (Wildman–Crippen LogP) is 6.14. The molecule has 0 radical (unpaired) electrons. The number of nitrogens with zero attached hydrogens (tertiary/aromatic N) is 2. The van der Waals surface area contributed by atoms with Crippen molar-refractivity contribution >= 4 is 28.7 Å². The summed E-state index contributed by atoms with van der Waals surface area (Å²) in [5.41, 5.74) is 9.88. The van der Waals surface area contributed by atoms with Gasteiger partial charge in [0.15, 0.2) is 11.6 Å². The number of carbonyl (C=O) groups is 2. The van der Waals surface area contributed by atoms with E-state index in [0.717, 1.165) is 23.4 Å². The summed E-state index contributed by atoms with van der Waals surface area (Å²) in [6.45, 7) is 6.57. The molecular formula is C34H35F2N5O4S. The number of aromatic nitrogens is 2. The molecule has 0 aliphatic carbocycles. The second kappa shape index (κ2) is 14.6. The van der Waals surface area contributed by atoms with Crippen LogP contribution in [0.2, 0.25) is 0 Å². The van der Waals surface area contributed by atoms with Gasteiger partial charge in [-0.2, -0.15) is 0 Å². The summed E-state index contributed by atoms with van der Waals surface area (Å²) in [6.07, 6.45) is 0.993. The molecule has 2 aromatic carbocycles. The highest BCUT2D eigenvalue weighted by molar-refractivity contribution is 7.14. The van der Waals surface area contributed by atoms with Crippen LogP contribution >= 0.6 is 11.3 Å². The molecule has 1 aliphatic heterocycles. The van der Waals surface area contributed by atoms with Crippen molar-refractivity contribution in [1.82, 2.24) is 20.8 Å². The zero-order chi connectivity index (χ0) is 32.8. The Labute approximate surface area is 269 Å². The number of aryl methyl sites for hydroxylation is 1. The largest absolute Gasteiger partial charge is 0.421 e. The van der Waals surface area contributed by atoms with Crippen molar-refractivity contribution in [3.05, 3.63) is 122 Å². The van der Waals surface area contributed by atoms with Crippen LogP contribution in [0.25, 0.3) is 5.57 Å². The van der Waals surface area contributed by atoms with Crippen molar-refractivity contribution in [3.63, 3.8) is 0 Å². The van der Waals surface area contributed by atoms with Crippen LogP contribution in [0.3, 0.4) is 0 Å². The first kappa shape index (κ1) is 32.7. The number of carbonyl (C=O) groups excluding carboxylic acids is 2. The Morgan fingerprint density at radius 3 is 2.50 bits per heavy atom. The molecule has 2 amide bonds. The van der Waals surface area contributed by atoms with E-state index < -0.39 is 29.4 Å². The van der Waals surface area contributed by atoms with Crippen molar-refractivity contribution in [3.8, 4) is 0 Å². The first-order chi connectivity index (χ1) is 22.1. The lowest BCUT2D eigenvalue weighted by Gasteiger charge is -2.32. The van der Waals surface area contributed by atoms with Gasteiger partial charge in [0.2, 0.25) is 17.7 Å². The number of amides is 2. The number of allylic oxidation sites excluding steroid dienone is 2. The minimum atomic E-state index is -0.990. The van der Waals surface area contributed by atoms with E-state index in [-0.39, 0.29) is 18.4 Å². The van der Waals surface area contributed by atoms with E-state index in [4.69, 9.17) is 14.9 Å². The van der Waals surface area contributed by atoms with Gasteiger partial charge in [-0.25, -0.2) is 8.78 Å². The fourth-order valence-corrected chi connectivity index (χ4v) is 6.34. The maximum absolute atomic E-state index is 13.7. The van der Waals surface area contributed by atoms with Gasteiger partial charge in [0.05, 0.1) is 24.0 Å². The molecule has 3 heterocycles. The third-order valence-electron chi connectivity index (χ3n) is 7.34. The van der Waals surface area contributed by atoms with Crippen molar-refractivity contribution in [2.24, 2.45) is 11.7 Å². The monoisotopic (exact) mass is 647 g/mol. The Hall–Kier alpha value is -4.68. The number of halogens is 2. The van der Waals surface area contributed by atoms with Gasteiger partial charge in [0.25, 0.3) is 5.91 Å². The van der Waals surface area contributed by atoms with Gasteiger partial charge in [0, 0.05) is 47.3 Å². The first-order valence-electron chi connectivity index (χ1n) is 14.9. The molecule has 2 aromatic heterocycles. The number of primary amides is 1. The average Bonchev–Trinajstić information content (AvgIpc) is 3.69. The van der Waals surface area contributed by atoms with E-state index in [2.05, 4.69) is 20.8 Å². The van der Waals surface area contributed by atoms with Crippen molar-refractivity contribution < 1.29 is 27.5 Å². The quantitative estimate of drug-likeness (QED) is 0.149. The van der Waals surface area contributed by atoms with E-state index in [1.165, 1.54) is 17.4 Å². The summed E-state index contributed by atoms with van der Waals surface area (Å²) < 4.78 is 38.9. The molecule has 4 N–H and O–H groups in total. The number of rotatable bonds is 13. The van der Waals surface area contributed by atoms with Crippen molar-refractivity contribution in [1.29, 1.82) is 0 Å². The highest BCUT2D eigenvalue weighted by atomic mass is 32.1. The Balaban J connectivity index is 1.48. The summed E-state index contributed by atoms with van der Waals surface area (Å²) in [7, 11) is 0. The van der Waals surface area contributed by atoms with Crippen LogP contribution in [0.1, 0.15) is 70.1 Å². The van der Waals surface area contributed by atoms with Gasteiger partial charge in [0.1, 0.15) is 0 Å². The number of hydrogen-bond donors (Lipinski definition) is 3. The van der Waals surface area contributed by atoms with E-state index in [1.807, 2.05) is 44.2 Å². The third kappa shape index (κ3) is 7.75. The van der Waals surface area contributed by atoms with Crippen LogP contribution in [0.5, 0.6) is 0 Å². The van der Waals surface area contributed by atoms with Crippen LogP contribution in [-0.4, -0.2) is 28.6 Å². The van der Waals surface area contributed by atoms with Gasteiger partial charge in [-0.3, -0.25) is 9.59 Å². The van der Waals surface area contributed by atoms with Gasteiger partial charge in [-0.05, 0) is 47.7 Å². The Morgan fingerprint density at radius 1 is 1.04 bits per heavy atom. The molecular weight excluding hydrogens is 612 g/mol. The molecule has 5 rings (SSSR count). The number of ether oxygens (including phenoxy) is 1. The molecule has 0 fully saturated rings. The molecule has 240 valence electrons. The number of benzene rings is 2. The van der Waals surface area contributed by atoms with Crippen LogP contribution in [-0.2, 0) is 22.7 Å². The first-order valence-corrected chi connectivity index (χ1v) is 15.7. The third-order valence-corrected chi connectivity index (χ3v) is 8.49. The van der Waals surface area contributed by atoms with Crippen LogP contribution < -0.4 is 16.4 Å². The Bertz CT molecular complexity index is 1780. The highest BCUT2D eigenvalue weighted by Gasteiger charge is 2.38. The zero-order valence-electron chi connectivity index (χ0n) is 25.7. The minimum Gasteiger partial charge on any atom is -0.421 e. The number of hydrogen-bond acceptors (Lipinski definition) is 8. The van der Waals surface area contributed by atoms with E-state index in [9.17, 15) is 18.4 Å².